The Hall–Kier alpha value is -5.96. The van der Waals surface area contributed by atoms with E-state index in [-0.39, 0.29) is 30.3 Å². The fraction of sp³-hybridized carbons (Fsp3) is 0.340. The highest BCUT2D eigenvalue weighted by Gasteiger charge is 2.46. The molecule has 7 rings (SSSR count). The van der Waals surface area contributed by atoms with Gasteiger partial charge in [0.15, 0.2) is 5.65 Å². The maximum absolute atomic E-state index is 13.4. The molecule has 4 atom stereocenters. The normalized spacial score (nSPS) is 17.2. The van der Waals surface area contributed by atoms with Crippen LogP contribution in [0.15, 0.2) is 125 Å². The van der Waals surface area contributed by atoms with Crippen LogP contribution in [-0.2, 0) is 24.2 Å². The second-order valence-electron chi connectivity index (χ2n) is 15.5. The molecule has 4 unspecified atom stereocenters. The Labute approximate surface area is 368 Å². The monoisotopic (exact) mass is 875 g/mol. The summed E-state index contributed by atoms with van der Waals surface area (Å²) in [7, 11) is 1.52. The van der Waals surface area contributed by atoms with E-state index in [1.165, 1.54) is 0 Å². The first kappa shape index (κ1) is 45.1. The van der Waals surface area contributed by atoms with Gasteiger partial charge in [-0.15, -0.1) is 0 Å². The zero-order valence-electron chi connectivity index (χ0n) is 36.5. The lowest BCUT2D eigenvalue weighted by atomic mass is 9.80. The number of carbonyl (C=O) groups excluding carboxylic acids is 1. The maximum atomic E-state index is 13.4. The van der Waals surface area contributed by atoms with Crippen molar-refractivity contribution in [2.45, 2.75) is 83.5 Å². The highest BCUT2D eigenvalue weighted by molar-refractivity contribution is 7.44. The number of nitrogens with zero attached hydrogens (tertiary/aromatic N) is 5. The molecule has 0 bridgehead atoms. The summed E-state index contributed by atoms with van der Waals surface area (Å²) < 4.78 is 42.0. The standard InChI is InChI=1S/C47H54N7O8P/c1-8-27-49-62-63(54(31(2)3)32(4)5)61-41-28-40(39-29-48-53-43(39)50-45(52-46(53)56)51-44(55)33-15-11-9-12-16-33)60-42(41)30-59-47(34-17-13-10-14-18-34,35-19-23-37(57-6)24-20-35)36-21-25-38(58-7)26-22-36/h9-27,29,31-32,40-42H,8,28,30H2,1-7H3,(H2,50,51,52,55,56)/b49-27+. The van der Waals surface area contributed by atoms with Crippen LogP contribution in [-0.4, -0.2) is 81.5 Å². The van der Waals surface area contributed by atoms with Crippen LogP contribution in [0.3, 0.4) is 0 Å². The second kappa shape index (κ2) is 20.5. The molecule has 2 N–H and O–H groups in total. The number of anilines is 1. The van der Waals surface area contributed by atoms with Gasteiger partial charge in [0.1, 0.15) is 23.2 Å². The van der Waals surface area contributed by atoms with Gasteiger partial charge >= 0.3 is 14.2 Å². The number of oxime groups is 1. The predicted octanol–water partition coefficient (Wildman–Crippen LogP) is 8.67. The third-order valence-electron chi connectivity index (χ3n) is 10.7. The van der Waals surface area contributed by atoms with Crippen LogP contribution in [0.5, 0.6) is 11.5 Å². The number of benzene rings is 4. The summed E-state index contributed by atoms with van der Waals surface area (Å²) in [4.78, 5) is 33.8. The molecule has 1 aliphatic heterocycles. The summed E-state index contributed by atoms with van der Waals surface area (Å²) in [6.45, 7) is 10.4. The molecule has 0 radical (unpaired) electrons. The molecule has 15 nitrogen and oxygen atoms in total. The van der Waals surface area contributed by atoms with Gasteiger partial charge < -0.3 is 28.1 Å². The quantitative estimate of drug-likeness (QED) is 0.0347. The van der Waals surface area contributed by atoms with Crippen molar-refractivity contribution in [1.82, 2.24) is 24.3 Å². The molecule has 1 fully saturated rings. The fourth-order valence-electron chi connectivity index (χ4n) is 7.77. The third-order valence-corrected chi connectivity index (χ3v) is 12.7. The lowest BCUT2D eigenvalue weighted by Gasteiger charge is -2.38. The summed E-state index contributed by atoms with van der Waals surface area (Å²) >= 11 is 0. The van der Waals surface area contributed by atoms with Crippen molar-refractivity contribution in [2.75, 3.05) is 26.1 Å². The first-order valence-corrected chi connectivity index (χ1v) is 22.1. The van der Waals surface area contributed by atoms with Crippen molar-refractivity contribution in [3.63, 3.8) is 0 Å². The molecule has 1 amide bonds. The van der Waals surface area contributed by atoms with E-state index in [4.69, 9.17) is 28.1 Å². The molecule has 1 saturated heterocycles. The molecular formula is C47H54N7O8P. The van der Waals surface area contributed by atoms with Gasteiger partial charge in [0, 0.05) is 35.8 Å². The second-order valence-corrected chi connectivity index (χ2v) is 16.8. The van der Waals surface area contributed by atoms with Crippen LogP contribution in [0.1, 0.15) is 86.2 Å². The number of aromatic nitrogens is 4. The van der Waals surface area contributed by atoms with E-state index in [0.29, 0.717) is 35.5 Å². The summed E-state index contributed by atoms with van der Waals surface area (Å²) in [6.07, 6.45) is 2.33. The third kappa shape index (κ3) is 9.98. The molecule has 1 aliphatic rings. The molecule has 4 aromatic carbocycles. The maximum Gasteiger partial charge on any atom is 0.350 e. The molecule has 0 aliphatic carbocycles. The molecule has 3 heterocycles. The van der Waals surface area contributed by atoms with E-state index in [1.807, 2.05) is 91.9 Å². The van der Waals surface area contributed by atoms with Crippen molar-refractivity contribution in [1.29, 1.82) is 0 Å². The molecule has 2 aromatic heterocycles. The number of aromatic amines is 1. The van der Waals surface area contributed by atoms with Crippen molar-refractivity contribution in [3.8, 4) is 11.5 Å². The number of rotatable bonds is 19. The van der Waals surface area contributed by atoms with Crippen LogP contribution >= 0.6 is 8.53 Å². The topological polar surface area (TPSA) is 163 Å². The minimum Gasteiger partial charge on any atom is -0.497 e. The number of methoxy groups -OCH3 is 2. The van der Waals surface area contributed by atoms with Gasteiger partial charge in [-0.2, -0.15) is 14.6 Å². The lowest BCUT2D eigenvalue weighted by Crippen LogP contribution is -2.39. The number of amides is 1. The Morgan fingerprint density at radius 1 is 0.921 bits per heavy atom. The molecular weight excluding hydrogens is 822 g/mol. The molecule has 6 aromatic rings. The number of ether oxygens (including phenoxy) is 4. The van der Waals surface area contributed by atoms with Gasteiger partial charge in [-0.25, -0.2) is 9.46 Å². The van der Waals surface area contributed by atoms with Gasteiger partial charge in [-0.3, -0.25) is 15.1 Å². The highest BCUT2D eigenvalue weighted by atomic mass is 31.2. The van der Waals surface area contributed by atoms with Gasteiger partial charge in [0.2, 0.25) is 5.95 Å². The zero-order chi connectivity index (χ0) is 44.5. The smallest absolute Gasteiger partial charge is 0.350 e. The van der Waals surface area contributed by atoms with E-state index < -0.39 is 44.0 Å². The van der Waals surface area contributed by atoms with Crippen LogP contribution < -0.4 is 20.5 Å². The van der Waals surface area contributed by atoms with E-state index >= 15 is 0 Å². The number of carbonyl (C=O) groups is 1. The minimum atomic E-state index is -1.75. The Morgan fingerprint density at radius 3 is 2.08 bits per heavy atom. The summed E-state index contributed by atoms with van der Waals surface area (Å²) in [5, 5.41) is 11.4. The van der Waals surface area contributed by atoms with Crippen molar-refractivity contribution in [2.24, 2.45) is 5.16 Å². The Morgan fingerprint density at radius 2 is 1.51 bits per heavy atom. The van der Waals surface area contributed by atoms with Crippen molar-refractivity contribution in [3.05, 3.63) is 154 Å². The summed E-state index contributed by atoms with van der Waals surface area (Å²) in [5.74, 6) is 0.944. The Balaban J connectivity index is 1.30. The van der Waals surface area contributed by atoms with Gasteiger partial charge in [-0.1, -0.05) is 84.9 Å². The van der Waals surface area contributed by atoms with Gasteiger partial charge in [0.05, 0.1) is 39.2 Å². The lowest BCUT2D eigenvalue weighted by molar-refractivity contribution is -0.0805. The van der Waals surface area contributed by atoms with Crippen LogP contribution in [0.25, 0.3) is 5.65 Å². The first-order chi connectivity index (χ1) is 30.6. The first-order valence-electron chi connectivity index (χ1n) is 21.0. The summed E-state index contributed by atoms with van der Waals surface area (Å²) in [5.41, 5.74) is 2.03. The molecule has 0 saturated carbocycles. The van der Waals surface area contributed by atoms with E-state index in [2.05, 4.69) is 57.9 Å². The molecule has 63 heavy (non-hydrogen) atoms. The van der Waals surface area contributed by atoms with E-state index in [9.17, 15) is 9.59 Å². The number of hydrogen-bond donors (Lipinski definition) is 2. The fourth-order valence-corrected chi connectivity index (χ4v) is 9.36. The Kier molecular flexibility index (Phi) is 14.7. The summed E-state index contributed by atoms with van der Waals surface area (Å²) in [6, 6.07) is 34.5. The number of fused-ring (bicyclic) bond motifs is 1. The average molecular weight is 876 g/mol. The van der Waals surface area contributed by atoms with Crippen LogP contribution in [0.4, 0.5) is 5.95 Å². The van der Waals surface area contributed by atoms with E-state index in [1.54, 1.807) is 50.9 Å². The highest BCUT2D eigenvalue weighted by Crippen LogP contribution is 2.51. The number of hydrogen-bond acceptors (Lipinski definition) is 12. The van der Waals surface area contributed by atoms with Gasteiger partial charge in [0.25, 0.3) is 5.91 Å². The van der Waals surface area contributed by atoms with E-state index in [0.717, 1.165) is 21.2 Å². The van der Waals surface area contributed by atoms with Crippen molar-refractivity contribution >= 4 is 32.2 Å². The number of nitrogens with one attached hydrogen (secondary N) is 2. The molecule has 0 spiro atoms. The van der Waals surface area contributed by atoms with Crippen LogP contribution in [0.2, 0.25) is 0 Å². The van der Waals surface area contributed by atoms with Gasteiger partial charge in [-0.05, 0) is 87.2 Å². The minimum absolute atomic E-state index is 0.0318. The zero-order valence-corrected chi connectivity index (χ0v) is 37.4. The molecule has 330 valence electrons. The largest absolute Gasteiger partial charge is 0.497 e. The van der Waals surface area contributed by atoms with Crippen LogP contribution in [0, 0.1) is 0 Å². The predicted molar refractivity (Wildman–Crippen MR) is 242 cm³/mol. The SMILES string of the molecule is CC/C=N/OP(OC1CC(c2cnn3c(=O)[nH]c(NC(=O)c4ccccc4)nc23)OC1COC(c1ccccc1)(c1ccc(OC)cc1)c1ccc(OC)cc1)N(C(C)C)C(C)C. The molecule has 16 heteroatoms. The average Bonchev–Trinajstić information content (AvgIpc) is 3.91. The van der Waals surface area contributed by atoms with Crippen molar-refractivity contribution < 1.29 is 32.9 Å². The Bertz CT molecular complexity index is 2440. The number of H-pyrrole nitrogens is 1.